The fraction of sp³-hybridized carbons (Fsp3) is 0.450. The third-order valence-corrected chi connectivity index (χ3v) is 4.46. The van der Waals surface area contributed by atoms with E-state index >= 15 is 0 Å². The molecule has 1 aliphatic carbocycles. The summed E-state index contributed by atoms with van der Waals surface area (Å²) in [6.45, 7) is 4.12. The van der Waals surface area contributed by atoms with Gasteiger partial charge in [0.2, 0.25) is 5.95 Å². The van der Waals surface area contributed by atoms with E-state index in [1.807, 2.05) is 25.1 Å². The summed E-state index contributed by atoms with van der Waals surface area (Å²) >= 11 is 0. The van der Waals surface area contributed by atoms with E-state index in [9.17, 15) is 4.79 Å². The first kappa shape index (κ1) is 18.2. The lowest BCUT2D eigenvalue weighted by molar-refractivity contribution is 0.0526. The zero-order valence-electron chi connectivity index (χ0n) is 15.4. The third kappa shape index (κ3) is 4.94. The van der Waals surface area contributed by atoms with Gasteiger partial charge in [-0.1, -0.05) is 19.3 Å². The zero-order valence-corrected chi connectivity index (χ0v) is 15.4. The Morgan fingerprint density at radius 1 is 1.15 bits per heavy atom. The SMILES string of the molecule is CCOC(=O)c1ccc(Nc2nc(C)cc(NC3CCCCC3)n2)cc1. The molecule has 1 aromatic carbocycles. The number of ether oxygens (including phenoxy) is 1. The van der Waals surface area contributed by atoms with Crippen molar-refractivity contribution in [3.63, 3.8) is 0 Å². The van der Waals surface area contributed by atoms with Crippen LogP contribution in [0, 0.1) is 6.92 Å². The summed E-state index contributed by atoms with van der Waals surface area (Å²) in [5, 5.41) is 6.74. The van der Waals surface area contributed by atoms with E-state index in [-0.39, 0.29) is 5.97 Å². The van der Waals surface area contributed by atoms with Crippen LogP contribution in [0.25, 0.3) is 0 Å². The number of aryl methyl sites for hydroxylation is 1. The van der Waals surface area contributed by atoms with E-state index in [0.717, 1.165) is 17.2 Å². The van der Waals surface area contributed by atoms with Crippen LogP contribution in [0.4, 0.5) is 17.5 Å². The molecule has 2 aromatic rings. The summed E-state index contributed by atoms with van der Waals surface area (Å²) < 4.78 is 5.00. The number of nitrogens with one attached hydrogen (secondary N) is 2. The van der Waals surface area contributed by atoms with E-state index in [4.69, 9.17) is 4.74 Å². The van der Waals surface area contributed by atoms with E-state index in [1.165, 1.54) is 32.1 Å². The van der Waals surface area contributed by atoms with Gasteiger partial charge in [0.15, 0.2) is 0 Å². The van der Waals surface area contributed by atoms with Gasteiger partial charge in [0.1, 0.15) is 5.82 Å². The molecule has 26 heavy (non-hydrogen) atoms. The van der Waals surface area contributed by atoms with E-state index in [2.05, 4.69) is 20.6 Å². The highest BCUT2D eigenvalue weighted by molar-refractivity contribution is 5.89. The highest BCUT2D eigenvalue weighted by atomic mass is 16.5. The molecule has 6 nitrogen and oxygen atoms in total. The molecule has 138 valence electrons. The van der Waals surface area contributed by atoms with Crippen molar-refractivity contribution in [3.05, 3.63) is 41.6 Å². The Balaban J connectivity index is 1.68. The second-order valence-corrected chi connectivity index (χ2v) is 6.62. The number of anilines is 3. The second kappa shape index (κ2) is 8.65. The standard InChI is InChI=1S/C20H26N4O2/c1-3-26-19(25)15-9-11-17(12-10-15)23-20-21-14(2)13-18(24-20)22-16-7-5-4-6-8-16/h9-13,16H,3-8H2,1-2H3,(H2,21,22,23,24). The molecular weight excluding hydrogens is 328 g/mol. The van der Waals surface area contributed by atoms with Crippen molar-refractivity contribution in [1.29, 1.82) is 0 Å². The minimum Gasteiger partial charge on any atom is -0.462 e. The monoisotopic (exact) mass is 354 g/mol. The molecule has 0 amide bonds. The minimum atomic E-state index is -0.315. The molecule has 2 N–H and O–H groups in total. The van der Waals surface area contributed by atoms with Crippen LogP contribution >= 0.6 is 0 Å². The van der Waals surface area contributed by atoms with Gasteiger partial charge in [0, 0.05) is 23.5 Å². The van der Waals surface area contributed by atoms with Crippen molar-refractivity contribution in [1.82, 2.24) is 9.97 Å². The van der Waals surface area contributed by atoms with Gasteiger partial charge < -0.3 is 15.4 Å². The Hall–Kier alpha value is -2.63. The maximum atomic E-state index is 11.7. The summed E-state index contributed by atoms with van der Waals surface area (Å²) in [5.41, 5.74) is 2.26. The van der Waals surface area contributed by atoms with Gasteiger partial charge in [-0.05, 0) is 51.0 Å². The van der Waals surface area contributed by atoms with Crippen molar-refractivity contribution >= 4 is 23.4 Å². The molecular formula is C20H26N4O2. The van der Waals surface area contributed by atoms with E-state index in [0.29, 0.717) is 24.2 Å². The van der Waals surface area contributed by atoms with Crippen molar-refractivity contribution < 1.29 is 9.53 Å². The maximum absolute atomic E-state index is 11.7. The number of hydrogen-bond acceptors (Lipinski definition) is 6. The van der Waals surface area contributed by atoms with Crippen LogP contribution in [0.15, 0.2) is 30.3 Å². The molecule has 1 aliphatic rings. The quantitative estimate of drug-likeness (QED) is 0.747. The molecule has 0 unspecified atom stereocenters. The topological polar surface area (TPSA) is 76.1 Å². The number of benzene rings is 1. The van der Waals surface area contributed by atoms with Crippen LogP contribution in [-0.4, -0.2) is 28.6 Å². The molecule has 0 bridgehead atoms. The summed E-state index contributed by atoms with van der Waals surface area (Å²) in [6.07, 6.45) is 6.27. The number of rotatable bonds is 6. The van der Waals surface area contributed by atoms with Crippen molar-refractivity contribution in [3.8, 4) is 0 Å². The molecule has 1 saturated carbocycles. The van der Waals surface area contributed by atoms with Gasteiger partial charge in [-0.2, -0.15) is 4.98 Å². The van der Waals surface area contributed by atoms with Crippen molar-refractivity contribution in [2.75, 3.05) is 17.2 Å². The Kier molecular flexibility index (Phi) is 6.04. The first-order valence-corrected chi connectivity index (χ1v) is 9.30. The van der Waals surface area contributed by atoms with Crippen LogP contribution in [0.2, 0.25) is 0 Å². The Labute approximate surface area is 154 Å². The Morgan fingerprint density at radius 3 is 2.58 bits per heavy atom. The normalized spacial score (nSPS) is 14.7. The number of esters is 1. The second-order valence-electron chi connectivity index (χ2n) is 6.62. The summed E-state index contributed by atoms with van der Waals surface area (Å²) in [6, 6.07) is 9.59. The Bertz CT molecular complexity index is 740. The first-order valence-electron chi connectivity index (χ1n) is 9.30. The van der Waals surface area contributed by atoms with Crippen molar-refractivity contribution in [2.45, 2.75) is 52.0 Å². The molecule has 1 fully saturated rings. The van der Waals surface area contributed by atoms with Crippen LogP contribution in [0.5, 0.6) is 0 Å². The summed E-state index contributed by atoms with van der Waals surface area (Å²) in [7, 11) is 0. The minimum absolute atomic E-state index is 0.315. The lowest BCUT2D eigenvalue weighted by Gasteiger charge is -2.23. The van der Waals surface area contributed by atoms with Gasteiger partial charge in [-0.15, -0.1) is 0 Å². The average molecular weight is 354 g/mol. The van der Waals surface area contributed by atoms with Crippen LogP contribution in [0.1, 0.15) is 55.1 Å². The van der Waals surface area contributed by atoms with E-state index in [1.54, 1.807) is 19.1 Å². The summed E-state index contributed by atoms with van der Waals surface area (Å²) in [4.78, 5) is 20.8. The molecule has 3 rings (SSSR count). The maximum Gasteiger partial charge on any atom is 0.338 e. The van der Waals surface area contributed by atoms with Crippen LogP contribution in [-0.2, 0) is 4.74 Å². The molecule has 0 radical (unpaired) electrons. The highest BCUT2D eigenvalue weighted by Gasteiger charge is 2.14. The molecule has 0 atom stereocenters. The van der Waals surface area contributed by atoms with Gasteiger partial charge in [0.05, 0.1) is 12.2 Å². The van der Waals surface area contributed by atoms with Crippen LogP contribution in [0.3, 0.4) is 0 Å². The number of carbonyl (C=O) groups excluding carboxylic acids is 1. The van der Waals surface area contributed by atoms with Crippen molar-refractivity contribution in [2.24, 2.45) is 0 Å². The smallest absolute Gasteiger partial charge is 0.338 e. The molecule has 0 aliphatic heterocycles. The third-order valence-electron chi connectivity index (χ3n) is 4.46. The average Bonchev–Trinajstić information content (AvgIpc) is 2.63. The number of hydrogen-bond donors (Lipinski definition) is 2. The van der Waals surface area contributed by atoms with Gasteiger partial charge in [0.25, 0.3) is 0 Å². The lowest BCUT2D eigenvalue weighted by atomic mass is 9.95. The number of carbonyl (C=O) groups is 1. The fourth-order valence-electron chi connectivity index (χ4n) is 3.19. The van der Waals surface area contributed by atoms with Gasteiger partial charge in [-0.3, -0.25) is 0 Å². The largest absolute Gasteiger partial charge is 0.462 e. The molecule has 0 saturated heterocycles. The van der Waals surface area contributed by atoms with Crippen LogP contribution < -0.4 is 10.6 Å². The predicted octanol–water partition coefficient (Wildman–Crippen LogP) is 4.45. The Morgan fingerprint density at radius 2 is 1.88 bits per heavy atom. The lowest BCUT2D eigenvalue weighted by Crippen LogP contribution is -2.23. The van der Waals surface area contributed by atoms with E-state index < -0.39 is 0 Å². The zero-order chi connectivity index (χ0) is 18.4. The molecule has 6 heteroatoms. The number of aromatic nitrogens is 2. The first-order chi connectivity index (χ1) is 12.6. The van der Waals surface area contributed by atoms with Gasteiger partial charge in [-0.25, -0.2) is 9.78 Å². The predicted molar refractivity (Wildman–Crippen MR) is 103 cm³/mol. The number of nitrogens with zero attached hydrogens (tertiary/aromatic N) is 2. The molecule has 0 spiro atoms. The summed E-state index contributed by atoms with van der Waals surface area (Å²) in [5.74, 6) is 1.09. The fourth-order valence-corrected chi connectivity index (χ4v) is 3.19. The highest BCUT2D eigenvalue weighted by Crippen LogP contribution is 2.22. The van der Waals surface area contributed by atoms with Gasteiger partial charge >= 0.3 is 5.97 Å². The molecule has 1 aromatic heterocycles. The molecule has 1 heterocycles.